The lowest BCUT2D eigenvalue weighted by molar-refractivity contribution is 0.0520. The van der Waals surface area contributed by atoms with Gasteiger partial charge in [0.1, 0.15) is 5.60 Å². The molecule has 4 nitrogen and oxygen atoms in total. The van der Waals surface area contributed by atoms with E-state index in [4.69, 9.17) is 4.74 Å². The van der Waals surface area contributed by atoms with Crippen LogP contribution < -0.4 is 5.32 Å². The Bertz CT molecular complexity index is 463. The van der Waals surface area contributed by atoms with Crippen LogP contribution in [-0.2, 0) is 4.74 Å². The van der Waals surface area contributed by atoms with E-state index >= 15 is 0 Å². The molecule has 0 saturated carbocycles. The van der Waals surface area contributed by atoms with Crippen LogP contribution in [0.25, 0.3) is 0 Å². The number of rotatable bonds is 6. The molecule has 1 unspecified atom stereocenters. The average molecular weight is 291 g/mol. The van der Waals surface area contributed by atoms with Crippen LogP contribution in [0.15, 0.2) is 30.3 Å². The van der Waals surface area contributed by atoms with Gasteiger partial charge in [0.15, 0.2) is 5.78 Å². The highest BCUT2D eigenvalue weighted by molar-refractivity contribution is 5.95. The van der Waals surface area contributed by atoms with E-state index in [1.54, 1.807) is 0 Å². The lowest BCUT2D eigenvalue weighted by Gasteiger charge is -2.20. The number of hydrogen-bond acceptors (Lipinski definition) is 3. The minimum absolute atomic E-state index is 0.139. The number of alkyl carbamates (subject to hydrolysis) is 1. The summed E-state index contributed by atoms with van der Waals surface area (Å²) in [6, 6.07) is 9.27. The maximum Gasteiger partial charge on any atom is 0.407 e. The van der Waals surface area contributed by atoms with Gasteiger partial charge in [-0.3, -0.25) is 4.79 Å². The summed E-state index contributed by atoms with van der Waals surface area (Å²) in [7, 11) is 0. The molecule has 1 N–H and O–H groups in total. The highest BCUT2D eigenvalue weighted by Gasteiger charge is 2.16. The minimum atomic E-state index is -0.489. The Kier molecular flexibility index (Phi) is 6.40. The zero-order valence-electron chi connectivity index (χ0n) is 13.3. The van der Waals surface area contributed by atoms with Crippen molar-refractivity contribution < 1.29 is 14.3 Å². The van der Waals surface area contributed by atoms with Crippen LogP contribution in [0.1, 0.15) is 50.9 Å². The SMILES string of the molecule is CC(CCC(=O)c1ccccc1)CNC(=O)OC(C)(C)C. The van der Waals surface area contributed by atoms with Crippen molar-refractivity contribution in [3.63, 3.8) is 0 Å². The maximum atomic E-state index is 12.0. The molecule has 1 rings (SSSR count). The molecular weight excluding hydrogens is 266 g/mol. The number of carbonyl (C=O) groups is 2. The van der Waals surface area contributed by atoms with E-state index in [-0.39, 0.29) is 11.7 Å². The standard InChI is InChI=1S/C17H25NO3/c1-13(12-18-16(20)21-17(2,3)4)10-11-15(19)14-8-6-5-7-9-14/h5-9,13H,10-12H2,1-4H3,(H,18,20). The zero-order chi connectivity index (χ0) is 15.9. The van der Waals surface area contributed by atoms with Crippen LogP contribution >= 0.6 is 0 Å². The van der Waals surface area contributed by atoms with Gasteiger partial charge in [-0.1, -0.05) is 37.3 Å². The van der Waals surface area contributed by atoms with Crippen LogP contribution in [-0.4, -0.2) is 24.0 Å². The first-order valence-electron chi connectivity index (χ1n) is 7.33. The van der Waals surface area contributed by atoms with Crippen molar-refractivity contribution in [2.45, 2.75) is 46.1 Å². The molecule has 0 aliphatic rings. The van der Waals surface area contributed by atoms with Gasteiger partial charge in [-0.05, 0) is 33.1 Å². The smallest absolute Gasteiger partial charge is 0.407 e. The van der Waals surface area contributed by atoms with Gasteiger partial charge in [-0.25, -0.2) is 4.79 Å². The molecule has 0 spiro atoms. The molecule has 0 fully saturated rings. The number of benzene rings is 1. The van der Waals surface area contributed by atoms with E-state index in [0.29, 0.717) is 13.0 Å². The predicted molar refractivity (Wildman–Crippen MR) is 83.4 cm³/mol. The van der Waals surface area contributed by atoms with Crippen molar-refractivity contribution >= 4 is 11.9 Å². The van der Waals surface area contributed by atoms with Crippen molar-refractivity contribution in [1.29, 1.82) is 0 Å². The fourth-order valence-corrected chi connectivity index (χ4v) is 1.82. The second-order valence-electron chi connectivity index (χ2n) is 6.32. The van der Waals surface area contributed by atoms with Crippen LogP contribution in [0.2, 0.25) is 0 Å². The summed E-state index contributed by atoms with van der Waals surface area (Å²) in [5.74, 6) is 0.366. The Morgan fingerprint density at radius 2 is 1.81 bits per heavy atom. The maximum absolute atomic E-state index is 12.0. The number of hydrogen-bond donors (Lipinski definition) is 1. The Morgan fingerprint density at radius 1 is 1.19 bits per heavy atom. The molecule has 0 heterocycles. The van der Waals surface area contributed by atoms with Gasteiger partial charge >= 0.3 is 6.09 Å². The first-order valence-corrected chi connectivity index (χ1v) is 7.33. The monoisotopic (exact) mass is 291 g/mol. The molecular formula is C17H25NO3. The van der Waals surface area contributed by atoms with Gasteiger partial charge < -0.3 is 10.1 Å². The molecule has 0 aliphatic carbocycles. The summed E-state index contributed by atoms with van der Waals surface area (Å²) >= 11 is 0. The number of carbonyl (C=O) groups excluding carboxylic acids is 2. The largest absolute Gasteiger partial charge is 0.444 e. The lowest BCUT2D eigenvalue weighted by Crippen LogP contribution is -2.34. The van der Waals surface area contributed by atoms with Gasteiger partial charge in [0.2, 0.25) is 0 Å². The third kappa shape index (κ3) is 7.49. The Hall–Kier alpha value is -1.84. The van der Waals surface area contributed by atoms with E-state index in [9.17, 15) is 9.59 Å². The highest BCUT2D eigenvalue weighted by atomic mass is 16.6. The highest BCUT2D eigenvalue weighted by Crippen LogP contribution is 2.11. The van der Waals surface area contributed by atoms with Crippen molar-refractivity contribution in [2.24, 2.45) is 5.92 Å². The Balaban J connectivity index is 2.27. The number of nitrogens with one attached hydrogen (secondary N) is 1. The number of ketones is 1. The topological polar surface area (TPSA) is 55.4 Å². The molecule has 0 saturated heterocycles. The Morgan fingerprint density at radius 3 is 2.38 bits per heavy atom. The molecule has 116 valence electrons. The summed E-state index contributed by atoms with van der Waals surface area (Å²) in [4.78, 5) is 23.5. The van der Waals surface area contributed by atoms with Crippen LogP contribution in [0, 0.1) is 5.92 Å². The molecule has 1 aromatic rings. The first kappa shape index (κ1) is 17.2. The Labute approximate surface area is 126 Å². The van der Waals surface area contributed by atoms with Gasteiger partial charge in [0.05, 0.1) is 0 Å². The van der Waals surface area contributed by atoms with Crippen molar-refractivity contribution in [2.75, 3.05) is 6.54 Å². The molecule has 1 aromatic carbocycles. The zero-order valence-corrected chi connectivity index (χ0v) is 13.3. The summed E-state index contributed by atoms with van der Waals surface area (Å²) in [6.07, 6.45) is 0.814. The molecule has 1 atom stereocenters. The van der Waals surface area contributed by atoms with E-state index in [1.165, 1.54) is 0 Å². The molecule has 1 amide bonds. The van der Waals surface area contributed by atoms with Gasteiger partial charge in [-0.15, -0.1) is 0 Å². The van der Waals surface area contributed by atoms with E-state index in [0.717, 1.165) is 12.0 Å². The second-order valence-corrected chi connectivity index (χ2v) is 6.32. The van der Waals surface area contributed by atoms with Crippen molar-refractivity contribution in [1.82, 2.24) is 5.32 Å². The van der Waals surface area contributed by atoms with Crippen LogP contribution in [0.3, 0.4) is 0 Å². The van der Waals surface area contributed by atoms with Crippen LogP contribution in [0.4, 0.5) is 4.79 Å². The molecule has 0 bridgehead atoms. The summed E-state index contributed by atoms with van der Waals surface area (Å²) in [5.41, 5.74) is 0.251. The quantitative estimate of drug-likeness (QED) is 0.811. The van der Waals surface area contributed by atoms with Gasteiger partial charge in [-0.2, -0.15) is 0 Å². The third-order valence-electron chi connectivity index (χ3n) is 2.95. The molecule has 21 heavy (non-hydrogen) atoms. The fraction of sp³-hybridized carbons (Fsp3) is 0.529. The molecule has 0 aromatic heterocycles. The summed E-state index contributed by atoms with van der Waals surface area (Å²) < 4.78 is 5.17. The fourth-order valence-electron chi connectivity index (χ4n) is 1.82. The average Bonchev–Trinajstić information content (AvgIpc) is 2.41. The van der Waals surface area contributed by atoms with Crippen LogP contribution in [0.5, 0.6) is 0 Å². The van der Waals surface area contributed by atoms with Crippen molar-refractivity contribution in [3.8, 4) is 0 Å². The van der Waals surface area contributed by atoms with Gasteiger partial charge in [0, 0.05) is 18.5 Å². The van der Waals surface area contributed by atoms with E-state index < -0.39 is 11.7 Å². The minimum Gasteiger partial charge on any atom is -0.444 e. The molecule has 0 radical (unpaired) electrons. The van der Waals surface area contributed by atoms with Gasteiger partial charge in [0.25, 0.3) is 0 Å². The lowest BCUT2D eigenvalue weighted by atomic mass is 10.00. The third-order valence-corrected chi connectivity index (χ3v) is 2.95. The summed E-state index contributed by atoms with van der Waals surface area (Å²) in [6.45, 7) is 8.00. The van der Waals surface area contributed by atoms with E-state index in [2.05, 4.69) is 5.32 Å². The van der Waals surface area contributed by atoms with E-state index in [1.807, 2.05) is 58.0 Å². The molecule has 0 aliphatic heterocycles. The molecule has 4 heteroatoms. The summed E-state index contributed by atoms with van der Waals surface area (Å²) in [5, 5.41) is 2.73. The second kappa shape index (κ2) is 7.81. The first-order chi connectivity index (χ1) is 9.78. The van der Waals surface area contributed by atoms with Crippen molar-refractivity contribution in [3.05, 3.63) is 35.9 Å². The normalized spacial score (nSPS) is 12.6. The number of ether oxygens (including phenoxy) is 1. The number of Topliss-reactive ketones (excluding diaryl/α,β-unsaturated/α-hetero) is 1. The predicted octanol–water partition coefficient (Wildman–Crippen LogP) is 3.81. The number of amides is 1.